The van der Waals surface area contributed by atoms with Gasteiger partial charge in [-0.05, 0) is 38.2 Å². The number of rotatable bonds is 6. The normalized spacial score (nSPS) is 10.8. The molecule has 8 nitrogen and oxygen atoms in total. The summed E-state index contributed by atoms with van der Waals surface area (Å²) >= 11 is 1.34. The minimum Gasteiger partial charge on any atom is -0.468 e. The third-order valence-electron chi connectivity index (χ3n) is 3.30. The van der Waals surface area contributed by atoms with Gasteiger partial charge in [-0.25, -0.2) is 4.98 Å². The van der Waals surface area contributed by atoms with Crippen LogP contribution in [0.1, 0.15) is 17.4 Å². The number of amides is 1. The lowest BCUT2D eigenvalue weighted by Gasteiger charge is -2.04. The first kappa shape index (κ1) is 22.0. The predicted molar refractivity (Wildman–Crippen MR) is 105 cm³/mol. The smallest absolute Gasteiger partial charge is 0.322 e. The van der Waals surface area contributed by atoms with Crippen molar-refractivity contribution in [2.24, 2.45) is 0 Å². The standard InChI is InChI=1S/C13H11N3O2S.C5H11NO2/c1-8(6-17)15-12(18)11-7-19-13(16-11)9-2-4-10(14)5-3-9;1-4(6-2)5(7)8-3/h2-7H,1,14H2,(H,15,18);4,6H,1-3H3. The van der Waals surface area contributed by atoms with Crippen molar-refractivity contribution in [1.29, 1.82) is 0 Å². The topological polar surface area (TPSA) is 123 Å². The number of nitrogens with two attached hydrogens (primary N) is 1. The lowest BCUT2D eigenvalue weighted by atomic mass is 10.2. The molecule has 0 saturated heterocycles. The molecule has 2 rings (SSSR count). The summed E-state index contributed by atoms with van der Waals surface area (Å²) in [5.41, 5.74) is 7.41. The zero-order valence-electron chi connectivity index (χ0n) is 15.3. The number of carbonyl (C=O) groups is 3. The molecule has 144 valence electrons. The number of ether oxygens (including phenoxy) is 1. The fraction of sp³-hybridized carbons (Fsp3) is 0.222. The number of hydrogen-bond donors (Lipinski definition) is 3. The summed E-state index contributed by atoms with van der Waals surface area (Å²) in [6.07, 6.45) is 0.477. The summed E-state index contributed by atoms with van der Waals surface area (Å²) in [4.78, 5) is 36.8. The van der Waals surface area contributed by atoms with Gasteiger partial charge in [0.2, 0.25) is 0 Å². The van der Waals surface area contributed by atoms with E-state index in [1.807, 2.05) is 12.1 Å². The number of methoxy groups -OCH3 is 1. The predicted octanol–water partition coefficient (Wildman–Crippen LogP) is 1.60. The molecular formula is C18H22N4O4S. The van der Waals surface area contributed by atoms with Crippen LogP contribution < -0.4 is 16.4 Å². The molecule has 1 amide bonds. The molecule has 1 heterocycles. The molecule has 1 aromatic heterocycles. The summed E-state index contributed by atoms with van der Waals surface area (Å²) in [7, 11) is 3.08. The third-order valence-corrected chi connectivity index (χ3v) is 4.19. The summed E-state index contributed by atoms with van der Waals surface area (Å²) in [6.45, 7) is 5.12. The molecule has 0 aliphatic rings. The number of benzene rings is 1. The fourth-order valence-corrected chi connectivity index (χ4v) is 2.48. The molecule has 2 aromatic rings. The quantitative estimate of drug-likeness (QED) is 0.296. The Balaban J connectivity index is 0.000000387. The van der Waals surface area contributed by atoms with Gasteiger partial charge in [-0.2, -0.15) is 0 Å². The molecule has 0 spiro atoms. The Morgan fingerprint density at radius 1 is 1.33 bits per heavy atom. The van der Waals surface area contributed by atoms with Gasteiger partial charge in [-0.1, -0.05) is 6.58 Å². The Labute approximate surface area is 161 Å². The molecule has 0 aliphatic heterocycles. The van der Waals surface area contributed by atoms with Crippen LogP contribution in [0.25, 0.3) is 10.6 Å². The zero-order chi connectivity index (χ0) is 20.4. The van der Waals surface area contributed by atoms with Gasteiger partial charge in [0.1, 0.15) is 16.7 Å². The van der Waals surface area contributed by atoms with Gasteiger partial charge in [0, 0.05) is 16.6 Å². The monoisotopic (exact) mass is 390 g/mol. The highest BCUT2D eigenvalue weighted by atomic mass is 32.1. The second-order valence-corrected chi connectivity index (χ2v) is 6.15. The minimum absolute atomic E-state index is 0.00651. The summed E-state index contributed by atoms with van der Waals surface area (Å²) in [6, 6.07) is 7.01. The van der Waals surface area contributed by atoms with Gasteiger partial charge in [0.05, 0.1) is 12.8 Å². The number of allylic oxidation sites excluding steroid dienone is 1. The van der Waals surface area contributed by atoms with E-state index in [2.05, 4.69) is 26.9 Å². The number of carbonyl (C=O) groups excluding carboxylic acids is 3. The molecule has 0 radical (unpaired) electrons. The number of esters is 1. The van der Waals surface area contributed by atoms with Crippen molar-refractivity contribution < 1.29 is 19.1 Å². The van der Waals surface area contributed by atoms with Crippen LogP contribution >= 0.6 is 11.3 Å². The number of nitrogens with one attached hydrogen (secondary N) is 2. The van der Waals surface area contributed by atoms with Crippen molar-refractivity contribution in [2.75, 3.05) is 19.9 Å². The Kier molecular flexibility index (Phi) is 8.83. The van der Waals surface area contributed by atoms with Crippen LogP contribution in [0.4, 0.5) is 5.69 Å². The van der Waals surface area contributed by atoms with Crippen molar-refractivity contribution in [3.05, 3.63) is 47.6 Å². The second kappa shape index (κ2) is 10.8. The molecule has 0 aliphatic carbocycles. The molecule has 0 saturated carbocycles. The van der Waals surface area contributed by atoms with Crippen LogP contribution in [0, 0.1) is 0 Å². The average Bonchev–Trinajstić information content (AvgIpc) is 3.18. The van der Waals surface area contributed by atoms with E-state index >= 15 is 0 Å². The van der Waals surface area contributed by atoms with Crippen LogP contribution in [0.3, 0.4) is 0 Å². The molecule has 27 heavy (non-hydrogen) atoms. The van der Waals surface area contributed by atoms with E-state index in [0.29, 0.717) is 17.0 Å². The Morgan fingerprint density at radius 3 is 2.44 bits per heavy atom. The molecule has 9 heteroatoms. The van der Waals surface area contributed by atoms with Crippen molar-refractivity contribution in [1.82, 2.24) is 15.6 Å². The minimum atomic E-state index is -0.449. The Hall–Kier alpha value is -3.04. The molecule has 1 atom stereocenters. The zero-order valence-corrected chi connectivity index (χ0v) is 16.1. The maximum Gasteiger partial charge on any atom is 0.322 e. The molecule has 0 fully saturated rings. The van der Waals surface area contributed by atoms with Crippen LogP contribution in [0.5, 0.6) is 0 Å². The first-order valence-electron chi connectivity index (χ1n) is 7.84. The van der Waals surface area contributed by atoms with E-state index in [-0.39, 0.29) is 23.4 Å². The van der Waals surface area contributed by atoms with Crippen molar-refractivity contribution >= 4 is 35.2 Å². The van der Waals surface area contributed by atoms with Gasteiger partial charge < -0.3 is 21.1 Å². The van der Waals surface area contributed by atoms with Gasteiger partial charge in [0.25, 0.3) is 5.91 Å². The van der Waals surface area contributed by atoms with E-state index in [1.165, 1.54) is 18.4 Å². The average molecular weight is 390 g/mol. The second-order valence-electron chi connectivity index (χ2n) is 5.29. The maximum absolute atomic E-state index is 11.7. The van der Waals surface area contributed by atoms with Crippen molar-refractivity contribution in [2.45, 2.75) is 13.0 Å². The fourth-order valence-electron chi connectivity index (χ4n) is 1.67. The number of hydrogen-bond acceptors (Lipinski definition) is 8. The van der Waals surface area contributed by atoms with Gasteiger partial charge in [-0.3, -0.25) is 14.4 Å². The molecule has 4 N–H and O–H groups in total. The lowest BCUT2D eigenvalue weighted by Crippen LogP contribution is -2.31. The van der Waals surface area contributed by atoms with Crippen LogP contribution in [0.2, 0.25) is 0 Å². The van der Waals surface area contributed by atoms with Gasteiger partial charge in [-0.15, -0.1) is 11.3 Å². The number of likely N-dealkylation sites (N-methyl/N-ethyl adjacent to an activating group) is 1. The van der Waals surface area contributed by atoms with Crippen LogP contribution in [-0.2, 0) is 14.3 Å². The summed E-state index contributed by atoms with van der Waals surface area (Å²) in [5, 5.41) is 7.42. The molecule has 1 unspecified atom stereocenters. The third kappa shape index (κ3) is 7.00. The SMILES string of the molecule is C=C(C=O)NC(=O)c1csc(-c2ccc(N)cc2)n1.CNC(C)C(=O)OC. The van der Waals surface area contributed by atoms with Crippen molar-refractivity contribution in [3.8, 4) is 10.6 Å². The van der Waals surface area contributed by atoms with Crippen LogP contribution in [-0.4, -0.2) is 43.3 Å². The summed E-state index contributed by atoms with van der Waals surface area (Å²) < 4.78 is 4.40. The van der Waals surface area contributed by atoms with E-state index in [0.717, 1.165) is 5.56 Å². The van der Waals surface area contributed by atoms with Gasteiger partial charge in [0.15, 0.2) is 6.29 Å². The highest BCUT2D eigenvalue weighted by molar-refractivity contribution is 7.13. The van der Waals surface area contributed by atoms with E-state index in [1.54, 1.807) is 31.5 Å². The number of aromatic nitrogens is 1. The maximum atomic E-state index is 11.7. The number of aldehydes is 1. The molecule has 1 aromatic carbocycles. The number of nitrogens with zero attached hydrogens (tertiary/aromatic N) is 1. The first-order valence-corrected chi connectivity index (χ1v) is 8.72. The molecule has 0 bridgehead atoms. The lowest BCUT2D eigenvalue weighted by molar-refractivity contribution is -0.142. The largest absolute Gasteiger partial charge is 0.468 e. The van der Waals surface area contributed by atoms with E-state index in [4.69, 9.17) is 5.73 Å². The Morgan fingerprint density at radius 2 is 1.96 bits per heavy atom. The highest BCUT2D eigenvalue weighted by Gasteiger charge is 2.12. The summed E-state index contributed by atoms with van der Waals surface area (Å²) in [5.74, 6) is -0.678. The van der Waals surface area contributed by atoms with Gasteiger partial charge >= 0.3 is 5.97 Å². The van der Waals surface area contributed by atoms with Crippen LogP contribution in [0.15, 0.2) is 41.9 Å². The highest BCUT2D eigenvalue weighted by Crippen LogP contribution is 2.24. The van der Waals surface area contributed by atoms with E-state index < -0.39 is 5.91 Å². The van der Waals surface area contributed by atoms with E-state index in [9.17, 15) is 14.4 Å². The Bertz CT molecular complexity index is 802. The number of thiazole rings is 1. The first-order chi connectivity index (χ1) is 12.8. The number of anilines is 1. The van der Waals surface area contributed by atoms with Crippen molar-refractivity contribution in [3.63, 3.8) is 0 Å². The molecular weight excluding hydrogens is 368 g/mol. The number of nitrogen functional groups attached to an aromatic ring is 1.